The van der Waals surface area contributed by atoms with Gasteiger partial charge in [0.05, 0.1) is 5.69 Å². The Balaban J connectivity index is 1.62. The molecule has 2 aromatic heterocycles. The molecule has 1 aliphatic heterocycles. The van der Waals surface area contributed by atoms with E-state index in [0.717, 1.165) is 39.4 Å². The Kier molecular flexibility index (Phi) is 6.64. The molecule has 3 heterocycles. The van der Waals surface area contributed by atoms with Crippen LogP contribution in [0, 0.1) is 16.6 Å². The van der Waals surface area contributed by atoms with E-state index in [9.17, 15) is 4.39 Å². The number of imidazole rings is 1. The van der Waals surface area contributed by atoms with Gasteiger partial charge in [0, 0.05) is 36.8 Å². The maximum Gasteiger partial charge on any atom is 0.310 e. The standard InChI is InChI=1S/C20H23FIN5O3/c1-12-18-19(26-20(21)24-12)27(6-5-23-4-3-7-28-2)17(25-18)9-13-8-15-16(10-14(13)22)30-11-29-15/h8,10,23H,3-7,9,11H2,1-2H3. The van der Waals surface area contributed by atoms with Crippen LogP contribution in [0.15, 0.2) is 12.1 Å². The number of methoxy groups -OCH3 is 1. The predicted octanol–water partition coefficient (Wildman–Crippen LogP) is 2.82. The normalized spacial score (nSPS) is 12.8. The molecular weight excluding hydrogens is 504 g/mol. The molecule has 0 bridgehead atoms. The topological polar surface area (TPSA) is 83.3 Å². The number of nitrogens with one attached hydrogen (secondary N) is 1. The van der Waals surface area contributed by atoms with Gasteiger partial charge < -0.3 is 24.1 Å². The zero-order valence-corrected chi connectivity index (χ0v) is 19.0. The average Bonchev–Trinajstić information content (AvgIpc) is 3.29. The Bertz CT molecular complexity index is 1060. The van der Waals surface area contributed by atoms with Crippen LogP contribution in [0.4, 0.5) is 4.39 Å². The molecule has 0 amide bonds. The number of fused-ring (bicyclic) bond motifs is 2. The van der Waals surface area contributed by atoms with Crippen molar-refractivity contribution in [3.05, 3.63) is 38.9 Å². The van der Waals surface area contributed by atoms with Gasteiger partial charge in [0.25, 0.3) is 0 Å². The lowest BCUT2D eigenvalue weighted by atomic mass is 10.1. The first-order chi connectivity index (χ1) is 14.6. The van der Waals surface area contributed by atoms with Crippen LogP contribution < -0.4 is 14.8 Å². The van der Waals surface area contributed by atoms with Crippen LogP contribution >= 0.6 is 22.6 Å². The molecule has 1 aliphatic rings. The average molecular weight is 527 g/mol. The van der Waals surface area contributed by atoms with Gasteiger partial charge in [0.2, 0.25) is 6.79 Å². The zero-order chi connectivity index (χ0) is 21.1. The fourth-order valence-corrected chi connectivity index (χ4v) is 4.07. The van der Waals surface area contributed by atoms with Crippen molar-refractivity contribution >= 4 is 33.8 Å². The van der Waals surface area contributed by atoms with Crippen LogP contribution in [-0.2, 0) is 17.7 Å². The van der Waals surface area contributed by atoms with Gasteiger partial charge in [-0.2, -0.15) is 9.37 Å². The molecule has 10 heteroatoms. The minimum Gasteiger partial charge on any atom is -0.454 e. The van der Waals surface area contributed by atoms with Crippen molar-refractivity contribution in [3.8, 4) is 11.5 Å². The summed E-state index contributed by atoms with van der Waals surface area (Å²) in [6, 6.07) is 3.95. The summed E-state index contributed by atoms with van der Waals surface area (Å²) in [7, 11) is 1.69. The Morgan fingerprint density at radius 3 is 2.80 bits per heavy atom. The third kappa shape index (κ3) is 4.49. The fraction of sp³-hybridized carbons (Fsp3) is 0.450. The summed E-state index contributed by atoms with van der Waals surface area (Å²) in [4.78, 5) is 12.6. The number of hydrogen-bond donors (Lipinski definition) is 1. The van der Waals surface area contributed by atoms with E-state index in [1.807, 2.05) is 16.7 Å². The monoisotopic (exact) mass is 527 g/mol. The number of rotatable bonds is 9. The van der Waals surface area contributed by atoms with E-state index in [2.05, 4.69) is 37.9 Å². The molecule has 8 nitrogen and oxygen atoms in total. The molecule has 0 radical (unpaired) electrons. The number of ether oxygens (including phenoxy) is 3. The van der Waals surface area contributed by atoms with Crippen molar-refractivity contribution in [3.63, 3.8) is 0 Å². The number of aromatic nitrogens is 4. The lowest BCUT2D eigenvalue weighted by Gasteiger charge is -2.11. The third-order valence-electron chi connectivity index (χ3n) is 4.93. The smallest absolute Gasteiger partial charge is 0.310 e. The van der Waals surface area contributed by atoms with Crippen molar-refractivity contribution in [2.24, 2.45) is 0 Å². The molecular formula is C20H23FIN5O3. The van der Waals surface area contributed by atoms with E-state index in [-0.39, 0.29) is 6.79 Å². The predicted molar refractivity (Wildman–Crippen MR) is 117 cm³/mol. The molecule has 30 heavy (non-hydrogen) atoms. The Labute approximate surface area is 187 Å². The number of halogens is 2. The number of nitrogens with zero attached hydrogens (tertiary/aromatic N) is 4. The molecule has 0 unspecified atom stereocenters. The van der Waals surface area contributed by atoms with Crippen LogP contribution in [0.25, 0.3) is 11.2 Å². The van der Waals surface area contributed by atoms with Crippen molar-refractivity contribution < 1.29 is 18.6 Å². The van der Waals surface area contributed by atoms with Gasteiger partial charge in [-0.1, -0.05) is 0 Å². The highest BCUT2D eigenvalue weighted by atomic mass is 127. The molecule has 0 aliphatic carbocycles. The summed E-state index contributed by atoms with van der Waals surface area (Å²) >= 11 is 2.29. The molecule has 0 fully saturated rings. The summed E-state index contributed by atoms with van der Waals surface area (Å²) in [5.41, 5.74) is 2.74. The lowest BCUT2D eigenvalue weighted by molar-refractivity contribution is 0.174. The van der Waals surface area contributed by atoms with Crippen LogP contribution in [-0.4, -0.2) is 53.1 Å². The maximum atomic E-state index is 13.9. The highest BCUT2D eigenvalue weighted by Crippen LogP contribution is 2.36. The first-order valence-corrected chi connectivity index (χ1v) is 10.8. The quantitative estimate of drug-likeness (QED) is 0.261. The Morgan fingerprint density at radius 1 is 1.20 bits per heavy atom. The molecule has 3 aromatic rings. The maximum absolute atomic E-state index is 13.9. The van der Waals surface area contributed by atoms with Crippen molar-refractivity contribution in [1.29, 1.82) is 0 Å². The summed E-state index contributed by atoms with van der Waals surface area (Å²) in [6.45, 7) is 4.88. The van der Waals surface area contributed by atoms with Gasteiger partial charge in [-0.3, -0.25) is 0 Å². The van der Waals surface area contributed by atoms with Crippen LogP contribution in [0.2, 0.25) is 0 Å². The first kappa shape index (κ1) is 21.2. The second-order valence-electron chi connectivity index (χ2n) is 7.00. The Morgan fingerprint density at radius 2 is 2.00 bits per heavy atom. The molecule has 0 spiro atoms. The van der Waals surface area contributed by atoms with Gasteiger partial charge in [0.1, 0.15) is 11.3 Å². The fourth-order valence-electron chi connectivity index (χ4n) is 3.44. The lowest BCUT2D eigenvalue weighted by Crippen LogP contribution is -2.23. The van der Waals surface area contributed by atoms with Crippen LogP contribution in [0.1, 0.15) is 23.5 Å². The van der Waals surface area contributed by atoms with E-state index in [1.165, 1.54) is 0 Å². The van der Waals surface area contributed by atoms with E-state index in [4.69, 9.17) is 19.2 Å². The van der Waals surface area contributed by atoms with Gasteiger partial charge >= 0.3 is 6.08 Å². The van der Waals surface area contributed by atoms with E-state index in [1.54, 1.807) is 14.0 Å². The SMILES string of the molecule is COCCCNCCn1c(Cc2cc3c(cc2I)OCO3)nc2c(C)nc(F)nc21. The second-order valence-corrected chi connectivity index (χ2v) is 8.16. The molecule has 0 atom stereocenters. The van der Waals surface area contributed by atoms with Gasteiger partial charge in [-0.15, -0.1) is 0 Å². The zero-order valence-electron chi connectivity index (χ0n) is 16.9. The number of hydrogen-bond acceptors (Lipinski definition) is 7. The number of benzene rings is 1. The molecule has 1 aromatic carbocycles. The summed E-state index contributed by atoms with van der Waals surface area (Å²) in [5.74, 6) is 2.29. The summed E-state index contributed by atoms with van der Waals surface area (Å²) in [6.07, 6.45) is 0.758. The molecule has 0 saturated carbocycles. The van der Waals surface area contributed by atoms with E-state index < -0.39 is 6.08 Å². The van der Waals surface area contributed by atoms with Crippen LogP contribution in [0.3, 0.4) is 0 Å². The highest BCUT2D eigenvalue weighted by molar-refractivity contribution is 14.1. The molecule has 0 saturated heterocycles. The molecule has 1 N–H and O–H groups in total. The largest absolute Gasteiger partial charge is 0.454 e. The van der Waals surface area contributed by atoms with Gasteiger partial charge in [-0.25, -0.2) is 9.97 Å². The molecule has 160 valence electrons. The first-order valence-electron chi connectivity index (χ1n) is 9.73. The van der Waals surface area contributed by atoms with Crippen molar-refractivity contribution in [1.82, 2.24) is 24.8 Å². The van der Waals surface area contributed by atoms with Crippen LogP contribution in [0.5, 0.6) is 11.5 Å². The third-order valence-corrected chi connectivity index (χ3v) is 5.93. The minimum absolute atomic E-state index is 0.232. The van der Waals surface area contributed by atoms with E-state index in [0.29, 0.717) is 43.0 Å². The second kappa shape index (κ2) is 9.40. The minimum atomic E-state index is -0.738. The number of aryl methyl sites for hydroxylation is 1. The van der Waals surface area contributed by atoms with Gasteiger partial charge in [0.15, 0.2) is 17.1 Å². The summed E-state index contributed by atoms with van der Waals surface area (Å²) in [5, 5.41) is 3.39. The highest BCUT2D eigenvalue weighted by Gasteiger charge is 2.20. The van der Waals surface area contributed by atoms with E-state index >= 15 is 0 Å². The van der Waals surface area contributed by atoms with Gasteiger partial charge in [-0.05, 0) is 60.2 Å². The molecule has 4 rings (SSSR count). The van der Waals surface area contributed by atoms with Crippen molar-refractivity contribution in [2.45, 2.75) is 26.3 Å². The van der Waals surface area contributed by atoms with Crippen molar-refractivity contribution in [2.75, 3.05) is 33.6 Å². The summed E-state index contributed by atoms with van der Waals surface area (Å²) < 4.78 is 33.0. The Hall–Kier alpha value is -2.05.